The first kappa shape index (κ1) is 15.2. The lowest BCUT2D eigenvalue weighted by Crippen LogP contribution is -2.49. The van der Waals surface area contributed by atoms with Crippen molar-refractivity contribution in [2.75, 3.05) is 18.1 Å². The van der Waals surface area contributed by atoms with E-state index in [4.69, 9.17) is 0 Å². The number of rotatable bonds is 5. The summed E-state index contributed by atoms with van der Waals surface area (Å²) in [4.78, 5) is 11.9. The lowest BCUT2D eigenvalue weighted by atomic mass is 10.1. The van der Waals surface area contributed by atoms with Gasteiger partial charge in [-0.15, -0.1) is 0 Å². The van der Waals surface area contributed by atoms with Gasteiger partial charge in [0.2, 0.25) is 0 Å². The Morgan fingerprint density at radius 3 is 2.85 bits per heavy atom. The van der Waals surface area contributed by atoms with Crippen molar-refractivity contribution >= 4 is 17.8 Å². The van der Waals surface area contributed by atoms with Gasteiger partial charge >= 0.3 is 6.03 Å². The van der Waals surface area contributed by atoms with Gasteiger partial charge in [0.25, 0.3) is 0 Å². The van der Waals surface area contributed by atoms with E-state index in [1.54, 1.807) is 0 Å². The minimum atomic E-state index is -0.242. The number of hydrogen-bond donors (Lipinski definition) is 3. The first-order chi connectivity index (χ1) is 9.78. The quantitative estimate of drug-likeness (QED) is 0.776. The van der Waals surface area contributed by atoms with Crippen molar-refractivity contribution < 1.29 is 9.90 Å². The molecule has 0 bridgehead atoms. The van der Waals surface area contributed by atoms with Crippen LogP contribution in [-0.4, -0.2) is 41.3 Å². The van der Waals surface area contributed by atoms with Crippen molar-refractivity contribution in [3.05, 3.63) is 35.9 Å². The number of hydrogen-bond acceptors (Lipinski definition) is 3. The van der Waals surface area contributed by atoms with Crippen LogP contribution in [0, 0.1) is 0 Å². The van der Waals surface area contributed by atoms with Crippen LogP contribution in [0.25, 0.3) is 0 Å². The molecule has 3 N–H and O–H groups in total. The number of carbonyl (C=O) groups excluding carboxylic acids is 1. The van der Waals surface area contributed by atoms with E-state index in [1.807, 2.05) is 42.1 Å². The molecule has 0 spiro atoms. The van der Waals surface area contributed by atoms with Crippen LogP contribution in [0.4, 0.5) is 4.79 Å². The Bertz CT molecular complexity index is 408. The summed E-state index contributed by atoms with van der Waals surface area (Å²) in [7, 11) is 0. The number of aliphatic hydroxyl groups is 1. The second-order valence-corrected chi connectivity index (χ2v) is 6.25. The van der Waals surface area contributed by atoms with Crippen molar-refractivity contribution in [3.8, 4) is 0 Å². The highest BCUT2D eigenvalue weighted by Crippen LogP contribution is 2.16. The SMILES string of the molecule is O=C(N[C@@H]1CCCSC1)N[C@H](CO)Cc1ccccc1. The van der Waals surface area contributed by atoms with Crippen LogP contribution in [0.3, 0.4) is 0 Å². The summed E-state index contributed by atoms with van der Waals surface area (Å²) in [5, 5.41) is 15.2. The summed E-state index contributed by atoms with van der Waals surface area (Å²) >= 11 is 1.88. The summed E-state index contributed by atoms with van der Waals surface area (Å²) in [5.74, 6) is 2.17. The molecule has 1 aromatic rings. The fraction of sp³-hybridized carbons (Fsp3) is 0.533. The van der Waals surface area contributed by atoms with Crippen LogP contribution in [-0.2, 0) is 6.42 Å². The van der Waals surface area contributed by atoms with E-state index in [0.717, 1.165) is 24.2 Å². The molecule has 4 nitrogen and oxygen atoms in total. The average molecular weight is 294 g/mol. The number of urea groups is 1. The Balaban J connectivity index is 1.78. The number of carbonyl (C=O) groups is 1. The molecular formula is C15H22N2O2S. The average Bonchev–Trinajstić information content (AvgIpc) is 2.48. The van der Waals surface area contributed by atoms with Gasteiger partial charge in [-0.3, -0.25) is 0 Å². The number of amides is 2. The van der Waals surface area contributed by atoms with Gasteiger partial charge in [0.05, 0.1) is 12.6 Å². The van der Waals surface area contributed by atoms with Gasteiger partial charge in [-0.25, -0.2) is 4.79 Å². The Morgan fingerprint density at radius 2 is 2.20 bits per heavy atom. The molecule has 1 aromatic carbocycles. The molecule has 0 saturated carbocycles. The standard InChI is InChI=1S/C15H22N2O2S/c18-10-14(9-12-5-2-1-3-6-12)17-15(19)16-13-7-4-8-20-11-13/h1-3,5-6,13-14,18H,4,7-11H2,(H2,16,17,19)/t13-,14+/m1/s1. The minimum Gasteiger partial charge on any atom is -0.394 e. The van der Waals surface area contributed by atoms with Crippen molar-refractivity contribution in [2.45, 2.75) is 31.3 Å². The van der Waals surface area contributed by atoms with E-state index >= 15 is 0 Å². The van der Waals surface area contributed by atoms with Crippen molar-refractivity contribution in [2.24, 2.45) is 0 Å². The predicted molar refractivity (Wildman–Crippen MR) is 83.0 cm³/mol. The summed E-state index contributed by atoms with van der Waals surface area (Å²) in [6, 6.07) is 9.72. The van der Waals surface area contributed by atoms with Crippen molar-refractivity contribution in [1.29, 1.82) is 0 Å². The summed E-state index contributed by atoms with van der Waals surface area (Å²) < 4.78 is 0. The lowest BCUT2D eigenvalue weighted by molar-refractivity contribution is 0.213. The maximum atomic E-state index is 11.9. The molecule has 2 rings (SSSR count). The van der Waals surface area contributed by atoms with Gasteiger partial charge in [0.1, 0.15) is 0 Å². The first-order valence-corrected chi connectivity index (χ1v) is 8.23. The van der Waals surface area contributed by atoms with E-state index in [9.17, 15) is 9.90 Å². The predicted octanol–water partition coefficient (Wildman–Crippen LogP) is 1.78. The molecule has 1 fully saturated rings. The molecule has 0 aliphatic carbocycles. The van der Waals surface area contributed by atoms with Gasteiger partial charge < -0.3 is 15.7 Å². The zero-order valence-electron chi connectivity index (χ0n) is 11.5. The van der Waals surface area contributed by atoms with Crippen LogP contribution in [0.1, 0.15) is 18.4 Å². The van der Waals surface area contributed by atoms with Gasteiger partial charge in [-0.1, -0.05) is 30.3 Å². The van der Waals surface area contributed by atoms with Crippen LogP contribution >= 0.6 is 11.8 Å². The van der Waals surface area contributed by atoms with E-state index in [2.05, 4.69) is 10.6 Å². The molecule has 110 valence electrons. The fourth-order valence-electron chi connectivity index (χ4n) is 2.33. The van der Waals surface area contributed by atoms with Crippen LogP contribution < -0.4 is 10.6 Å². The zero-order valence-corrected chi connectivity index (χ0v) is 12.4. The van der Waals surface area contributed by atoms with Crippen molar-refractivity contribution in [3.63, 3.8) is 0 Å². The van der Waals surface area contributed by atoms with Crippen LogP contribution in [0.5, 0.6) is 0 Å². The number of thioether (sulfide) groups is 1. The number of nitrogens with one attached hydrogen (secondary N) is 2. The maximum Gasteiger partial charge on any atom is 0.315 e. The maximum absolute atomic E-state index is 11.9. The Kier molecular flexibility index (Phi) is 6.21. The molecule has 2 atom stereocenters. The van der Waals surface area contributed by atoms with E-state index in [-0.39, 0.29) is 24.7 Å². The molecule has 0 radical (unpaired) electrons. The Labute approximate surface area is 124 Å². The topological polar surface area (TPSA) is 61.4 Å². The molecule has 20 heavy (non-hydrogen) atoms. The highest BCUT2D eigenvalue weighted by atomic mass is 32.2. The third-order valence-corrected chi connectivity index (χ3v) is 4.59. The van der Waals surface area contributed by atoms with E-state index in [0.29, 0.717) is 6.42 Å². The van der Waals surface area contributed by atoms with Crippen LogP contribution in [0.2, 0.25) is 0 Å². The summed E-state index contributed by atoms with van der Waals surface area (Å²) in [6.07, 6.45) is 2.84. The number of benzene rings is 1. The highest BCUT2D eigenvalue weighted by molar-refractivity contribution is 7.99. The molecule has 1 aliphatic rings. The van der Waals surface area contributed by atoms with E-state index < -0.39 is 0 Å². The minimum absolute atomic E-state index is 0.0538. The smallest absolute Gasteiger partial charge is 0.315 e. The zero-order chi connectivity index (χ0) is 14.2. The van der Waals surface area contributed by atoms with Gasteiger partial charge in [-0.2, -0.15) is 11.8 Å². The van der Waals surface area contributed by atoms with Gasteiger partial charge in [-0.05, 0) is 30.6 Å². The monoisotopic (exact) mass is 294 g/mol. The molecule has 5 heteroatoms. The van der Waals surface area contributed by atoms with Gasteiger partial charge in [0.15, 0.2) is 0 Å². The molecule has 2 amide bonds. The first-order valence-electron chi connectivity index (χ1n) is 7.07. The Morgan fingerprint density at radius 1 is 1.40 bits per heavy atom. The summed E-state index contributed by atoms with van der Waals surface area (Å²) in [6.45, 7) is -0.0538. The molecule has 1 aliphatic heterocycles. The molecule has 0 aromatic heterocycles. The van der Waals surface area contributed by atoms with Crippen LogP contribution in [0.15, 0.2) is 30.3 Å². The Hall–Kier alpha value is -1.20. The molecule has 1 saturated heterocycles. The third kappa shape index (κ3) is 5.06. The lowest BCUT2D eigenvalue weighted by Gasteiger charge is -2.24. The number of aliphatic hydroxyl groups excluding tert-OH is 1. The van der Waals surface area contributed by atoms with Crippen molar-refractivity contribution in [1.82, 2.24) is 10.6 Å². The second-order valence-electron chi connectivity index (χ2n) is 5.10. The largest absolute Gasteiger partial charge is 0.394 e. The molecule has 0 unspecified atom stereocenters. The second kappa shape index (κ2) is 8.17. The third-order valence-electron chi connectivity index (χ3n) is 3.38. The molecular weight excluding hydrogens is 272 g/mol. The normalized spacial score (nSPS) is 20.1. The van der Waals surface area contributed by atoms with E-state index in [1.165, 1.54) is 5.75 Å². The summed E-state index contributed by atoms with van der Waals surface area (Å²) in [5.41, 5.74) is 1.11. The molecule has 1 heterocycles. The highest BCUT2D eigenvalue weighted by Gasteiger charge is 2.18. The fourth-order valence-corrected chi connectivity index (χ4v) is 3.40. The van der Waals surface area contributed by atoms with Gasteiger partial charge in [0, 0.05) is 11.8 Å².